The summed E-state index contributed by atoms with van der Waals surface area (Å²) in [6.07, 6.45) is 3.31. The molecule has 1 unspecified atom stereocenters. The van der Waals surface area contributed by atoms with Crippen LogP contribution < -0.4 is 5.32 Å². The quantitative estimate of drug-likeness (QED) is 0.792. The van der Waals surface area contributed by atoms with E-state index in [-0.39, 0.29) is 30.4 Å². The second kappa shape index (κ2) is 8.23. The maximum absolute atomic E-state index is 12.5. The molecular formula is C19H21N3O3S. The Hall–Kier alpha value is -2.54. The highest BCUT2D eigenvalue weighted by atomic mass is 32.1. The van der Waals surface area contributed by atoms with Crippen molar-refractivity contribution in [2.45, 2.75) is 38.6 Å². The van der Waals surface area contributed by atoms with Gasteiger partial charge < -0.3 is 10.2 Å². The SMILES string of the molecule is Cc1ccc(C(=O)CCC(=O)N2CCCC2C(=O)Nc2nccs2)cc1. The minimum atomic E-state index is -0.485. The first-order chi connectivity index (χ1) is 12.5. The third kappa shape index (κ3) is 4.35. The van der Waals surface area contributed by atoms with Gasteiger partial charge in [0.25, 0.3) is 0 Å². The number of nitrogens with one attached hydrogen (secondary N) is 1. The van der Waals surface area contributed by atoms with E-state index >= 15 is 0 Å². The Morgan fingerprint density at radius 2 is 2.00 bits per heavy atom. The van der Waals surface area contributed by atoms with E-state index in [0.29, 0.717) is 23.7 Å². The van der Waals surface area contributed by atoms with Crippen LogP contribution in [-0.4, -0.2) is 40.1 Å². The molecule has 0 bridgehead atoms. The van der Waals surface area contributed by atoms with E-state index in [9.17, 15) is 14.4 Å². The predicted octanol–water partition coefficient (Wildman–Crippen LogP) is 3.04. The number of hydrogen-bond acceptors (Lipinski definition) is 5. The smallest absolute Gasteiger partial charge is 0.248 e. The van der Waals surface area contributed by atoms with Crippen LogP contribution in [0.15, 0.2) is 35.8 Å². The fraction of sp³-hybridized carbons (Fsp3) is 0.368. The lowest BCUT2D eigenvalue weighted by atomic mass is 10.0. The fourth-order valence-corrected chi connectivity index (χ4v) is 3.59. The molecule has 2 heterocycles. The molecule has 0 saturated carbocycles. The Kier molecular flexibility index (Phi) is 5.78. The highest BCUT2D eigenvalue weighted by Gasteiger charge is 2.34. The van der Waals surface area contributed by atoms with E-state index in [2.05, 4.69) is 10.3 Å². The molecule has 0 spiro atoms. The van der Waals surface area contributed by atoms with Crippen molar-refractivity contribution in [3.05, 3.63) is 47.0 Å². The number of carbonyl (C=O) groups excluding carboxylic acids is 3. The van der Waals surface area contributed by atoms with Gasteiger partial charge in [0.15, 0.2) is 10.9 Å². The molecule has 7 heteroatoms. The van der Waals surface area contributed by atoms with Gasteiger partial charge in [0.1, 0.15) is 6.04 Å². The van der Waals surface area contributed by atoms with Crippen LogP contribution in [0.4, 0.5) is 5.13 Å². The summed E-state index contributed by atoms with van der Waals surface area (Å²) >= 11 is 1.34. The van der Waals surface area contributed by atoms with Gasteiger partial charge in [-0.2, -0.15) is 0 Å². The number of aromatic nitrogens is 1. The zero-order valence-electron chi connectivity index (χ0n) is 14.6. The summed E-state index contributed by atoms with van der Waals surface area (Å²) in [5.74, 6) is -0.417. The van der Waals surface area contributed by atoms with Crippen molar-refractivity contribution in [3.63, 3.8) is 0 Å². The van der Waals surface area contributed by atoms with Gasteiger partial charge >= 0.3 is 0 Å². The second-order valence-corrected chi connectivity index (χ2v) is 7.26. The minimum absolute atomic E-state index is 0.0543. The molecule has 6 nitrogen and oxygen atoms in total. The summed E-state index contributed by atoms with van der Waals surface area (Å²) in [6.45, 7) is 2.51. The maximum Gasteiger partial charge on any atom is 0.248 e. The molecule has 2 amide bonds. The lowest BCUT2D eigenvalue weighted by molar-refractivity contribution is -0.136. The second-order valence-electron chi connectivity index (χ2n) is 6.36. The molecule has 2 aromatic rings. The molecule has 1 atom stereocenters. The van der Waals surface area contributed by atoms with E-state index in [0.717, 1.165) is 12.0 Å². The van der Waals surface area contributed by atoms with Crippen molar-refractivity contribution in [2.75, 3.05) is 11.9 Å². The summed E-state index contributed by atoms with van der Waals surface area (Å²) in [5.41, 5.74) is 1.70. The first-order valence-electron chi connectivity index (χ1n) is 8.64. The van der Waals surface area contributed by atoms with Crippen LogP contribution in [0.1, 0.15) is 41.6 Å². The van der Waals surface area contributed by atoms with Crippen LogP contribution in [0.5, 0.6) is 0 Å². The highest BCUT2D eigenvalue weighted by molar-refractivity contribution is 7.13. The molecule has 136 valence electrons. The molecule has 1 aliphatic rings. The molecular weight excluding hydrogens is 350 g/mol. The van der Waals surface area contributed by atoms with Crippen molar-refractivity contribution < 1.29 is 14.4 Å². The summed E-state index contributed by atoms with van der Waals surface area (Å²) in [6, 6.07) is 6.84. The molecule has 26 heavy (non-hydrogen) atoms. The first-order valence-corrected chi connectivity index (χ1v) is 9.52. The number of carbonyl (C=O) groups is 3. The van der Waals surface area contributed by atoms with Gasteiger partial charge in [-0.25, -0.2) is 4.98 Å². The molecule has 1 aromatic heterocycles. The summed E-state index contributed by atoms with van der Waals surface area (Å²) < 4.78 is 0. The molecule has 1 N–H and O–H groups in total. The molecule has 3 rings (SSSR count). The molecule has 1 saturated heterocycles. The zero-order valence-corrected chi connectivity index (χ0v) is 15.4. The zero-order chi connectivity index (χ0) is 18.5. The third-order valence-corrected chi connectivity index (χ3v) is 5.17. The lowest BCUT2D eigenvalue weighted by Gasteiger charge is -2.23. The Morgan fingerprint density at radius 1 is 1.23 bits per heavy atom. The average molecular weight is 371 g/mol. The first kappa shape index (κ1) is 18.3. The normalized spacial score (nSPS) is 16.5. The van der Waals surface area contributed by atoms with Gasteiger partial charge in [-0.05, 0) is 19.8 Å². The number of anilines is 1. The lowest BCUT2D eigenvalue weighted by Crippen LogP contribution is -2.43. The van der Waals surface area contributed by atoms with Crippen molar-refractivity contribution in [1.82, 2.24) is 9.88 Å². The van der Waals surface area contributed by atoms with Crippen LogP contribution in [0.3, 0.4) is 0 Å². The predicted molar refractivity (Wildman–Crippen MR) is 100 cm³/mol. The summed E-state index contributed by atoms with van der Waals surface area (Å²) in [4.78, 5) is 42.8. The number of hydrogen-bond donors (Lipinski definition) is 1. The van der Waals surface area contributed by atoms with Crippen LogP contribution in [0, 0.1) is 6.92 Å². The number of benzene rings is 1. The van der Waals surface area contributed by atoms with Crippen molar-refractivity contribution >= 4 is 34.1 Å². The highest BCUT2D eigenvalue weighted by Crippen LogP contribution is 2.21. The Balaban J connectivity index is 1.55. The standard InChI is InChI=1S/C19H21N3O3S/c1-13-4-6-14(7-5-13)16(23)8-9-17(24)22-11-2-3-15(22)18(25)21-19-20-10-12-26-19/h4-7,10,12,15H,2-3,8-9,11H2,1H3,(H,20,21,25). The number of amides is 2. The number of nitrogens with zero attached hydrogens (tertiary/aromatic N) is 2. The van der Waals surface area contributed by atoms with Crippen LogP contribution in [0.2, 0.25) is 0 Å². The van der Waals surface area contributed by atoms with Crippen molar-refractivity contribution in [3.8, 4) is 0 Å². The van der Waals surface area contributed by atoms with Crippen molar-refractivity contribution in [1.29, 1.82) is 0 Å². The number of Topliss-reactive ketones (excluding diaryl/α,β-unsaturated/α-hetero) is 1. The molecule has 0 radical (unpaired) electrons. The van der Waals surface area contributed by atoms with E-state index in [1.165, 1.54) is 11.3 Å². The molecule has 0 aliphatic carbocycles. The number of ketones is 1. The van der Waals surface area contributed by atoms with Gasteiger partial charge in [-0.1, -0.05) is 29.8 Å². The Morgan fingerprint density at radius 3 is 2.69 bits per heavy atom. The third-order valence-electron chi connectivity index (χ3n) is 4.48. The van der Waals surface area contributed by atoms with Gasteiger partial charge in [0, 0.05) is 36.5 Å². The van der Waals surface area contributed by atoms with E-state index < -0.39 is 6.04 Å². The van der Waals surface area contributed by atoms with Crippen molar-refractivity contribution in [2.24, 2.45) is 0 Å². The minimum Gasteiger partial charge on any atom is -0.331 e. The number of aryl methyl sites for hydroxylation is 1. The van der Waals surface area contributed by atoms with Gasteiger partial charge in [-0.15, -0.1) is 11.3 Å². The van der Waals surface area contributed by atoms with Crippen LogP contribution >= 0.6 is 11.3 Å². The fourth-order valence-electron chi connectivity index (χ4n) is 3.06. The molecule has 1 fully saturated rings. The Bertz CT molecular complexity index is 787. The van der Waals surface area contributed by atoms with E-state index in [4.69, 9.17) is 0 Å². The van der Waals surface area contributed by atoms with Crippen LogP contribution in [0.25, 0.3) is 0 Å². The summed E-state index contributed by atoms with van der Waals surface area (Å²) in [7, 11) is 0. The van der Waals surface area contributed by atoms with E-state index in [1.54, 1.807) is 28.6 Å². The monoisotopic (exact) mass is 371 g/mol. The Labute approximate surface area is 156 Å². The number of rotatable bonds is 6. The molecule has 1 aliphatic heterocycles. The van der Waals surface area contributed by atoms with Gasteiger partial charge in [0.2, 0.25) is 11.8 Å². The number of thiazole rings is 1. The maximum atomic E-state index is 12.5. The number of likely N-dealkylation sites (tertiary alicyclic amines) is 1. The van der Waals surface area contributed by atoms with Gasteiger partial charge in [0.05, 0.1) is 0 Å². The van der Waals surface area contributed by atoms with Crippen LogP contribution in [-0.2, 0) is 9.59 Å². The molecule has 1 aromatic carbocycles. The largest absolute Gasteiger partial charge is 0.331 e. The van der Waals surface area contributed by atoms with Gasteiger partial charge in [-0.3, -0.25) is 14.4 Å². The summed E-state index contributed by atoms with van der Waals surface area (Å²) in [5, 5.41) is 5.07. The average Bonchev–Trinajstić information content (AvgIpc) is 3.31. The van der Waals surface area contributed by atoms with E-state index in [1.807, 2.05) is 19.1 Å². The topological polar surface area (TPSA) is 79.4 Å².